The Bertz CT molecular complexity index is 586. The molecule has 30 heavy (non-hydrogen) atoms. The number of nitrogens with one attached hydrogen (secondary N) is 2. The number of guanidine groups is 1. The van der Waals surface area contributed by atoms with Gasteiger partial charge in [-0.1, -0.05) is 19.9 Å². The minimum atomic E-state index is 0. The normalized spacial score (nSPS) is 11.2. The summed E-state index contributed by atoms with van der Waals surface area (Å²) in [6.07, 6.45) is 4.52. The number of benzene rings is 1. The number of halogens is 1. The SMILES string of the molecule is CCNC(=NCc1ccc(OCCN(CC)CC)c(OC)c1)NCCCCSC.I. The lowest BCUT2D eigenvalue weighted by Gasteiger charge is -2.19. The van der Waals surface area contributed by atoms with Crippen molar-refractivity contribution in [2.75, 3.05) is 58.4 Å². The highest BCUT2D eigenvalue weighted by atomic mass is 127. The number of thioether (sulfide) groups is 1. The van der Waals surface area contributed by atoms with E-state index in [2.05, 4.69) is 48.6 Å². The summed E-state index contributed by atoms with van der Waals surface area (Å²) in [5.41, 5.74) is 1.09. The second kappa shape index (κ2) is 18.9. The molecule has 174 valence electrons. The van der Waals surface area contributed by atoms with Crippen molar-refractivity contribution in [3.05, 3.63) is 23.8 Å². The second-order valence-corrected chi connectivity index (χ2v) is 7.67. The summed E-state index contributed by atoms with van der Waals surface area (Å²) in [5, 5.41) is 6.71. The molecular weight excluding hydrogens is 511 g/mol. The van der Waals surface area contributed by atoms with Gasteiger partial charge in [0.25, 0.3) is 0 Å². The first kappa shape index (κ1) is 29.1. The van der Waals surface area contributed by atoms with Gasteiger partial charge in [0, 0.05) is 19.6 Å². The first-order valence-electron chi connectivity index (χ1n) is 10.7. The smallest absolute Gasteiger partial charge is 0.191 e. The topological polar surface area (TPSA) is 58.1 Å². The van der Waals surface area contributed by atoms with Gasteiger partial charge in [-0.3, -0.25) is 0 Å². The van der Waals surface area contributed by atoms with Crippen molar-refractivity contribution in [3.8, 4) is 11.5 Å². The number of aliphatic imine (C=N–C) groups is 1. The maximum atomic E-state index is 5.94. The van der Waals surface area contributed by atoms with Crippen LogP contribution in [0.3, 0.4) is 0 Å². The van der Waals surface area contributed by atoms with E-state index in [9.17, 15) is 0 Å². The van der Waals surface area contributed by atoms with Crippen LogP contribution >= 0.6 is 35.7 Å². The van der Waals surface area contributed by atoms with E-state index in [4.69, 9.17) is 14.5 Å². The molecule has 6 nitrogen and oxygen atoms in total. The fraction of sp³-hybridized carbons (Fsp3) is 0.682. The van der Waals surface area contributed by atoms with E-state index in [0.717, 1.165) is 62.2 Å². The summed E-state index contributed by atoms with van der Waals surface area (Å²) in [7, 11) is 1.68. The van der Waals surface area contributed by atoms with Gasteiger partial charge in [-0.15, -0.1) is 24.0 Å². The highest BCUT2D eigenvalue weighted by molar-refractivity contribution is 14.0. The van der Waals surface area contributed by atoms with Crippen LogP contribution in [0.15, 0.2) is 23.2 Å². The number of methoxy groups -OCH3 is 1. The quantitative estimate of drug-likeness (QED) is 0.147. The summed E-state index contributed by atoms with van der Waals surface area (Å²) in [6.45, 7) is 12.4. The van der Waals surface area contributed by atoms with Gasteiger partial charge in [-0.25, -0.2) is 4.99 Å². The van der Waals surface area contributed by atoms with Gasteiger partial charge in [0.2, 0.25) is 0 Å². The Labute approximate surface area is 205 Å². The number of likely N-dealkylation sites (N-methyl/N-ethyl adjacent to an activating group) is 1. The van der Waals surface area contributed by atoms with E-state index in [1.165, 1.54) is 12.2 Å². The van der Waals surface area contributed by atoms with E-state index in [1.807, 2.05) is 23.9 Å². The van der Waals surface area contributed by atoms with Gasteiger partial charge in [0.05, 0.1) is 13.7 Å². The fourth-order valence-electron chi connectivity index (χ4n) is 2.84. The molecule has 0 unspecified atom stereocenters. The van der Waals surface area contributed by atoms with Gasteiger partial charge in [-0.05, 0) is 62.6 Å². The molecule has 0 aliphatic rings. The predicted octanol–water partition coefficient (Wildman–Crippen LogP) is 4.23. The van der Waals surface area contributed by atoms with E-state index >= 15 is 0 Å². The van der Waals surface area contributed by atoms with E-state index < -0.39 is 0 Å². The maximum Gasteiger partial charge on any atom is 0.191 e. The third kappa shape index (κ3) is 12.1. The molecule has 1 aromatic rings. The van der Waals surface area contributed by atoms with Crippen LogP contribution in [0.1, 0.15) is 39.2 Å². The van der Waals surface area contributed by atoms with Crippen LogP contribution in [0.2, 0.25) is 0 Å². The van der Waals surface area contributed by atoms with E-state index in [-0.39, 0.29) is 24.0 Å². The standard InChI is InChI=1S/C22H40N4O2S.HI/c1-6-23-22(24-13-9-10-16-29-5)25-18-19-11-12-20(21(17-19)27-4)28-15-14-26(7-2)8-3;/h11-12,17H,6-10,13-16,18H2,1-5H3,(H2,23,24,25);1H. The molecule has 1 aromatic carbocycles. The molecule has 2 N–H and O–H groups in total. The lowest BCUT2D eigenvalue weighted by atomic mass is 10.2. The number of hydrogen-bond acceptors (Lipinski definition) is 5. The van der Waals surface area contributed by atoms with E-state index in [0.29, 0.717) is 13.2 Å². The molecule has 0 aliphatic carbocycles. The minimum absolute atomic E-state index is 0. The Balaban J connectivity index is 0.00000841. The Morgan fingerprint density at radius 1 is 1.10 bits per heavy atom. The monoisotopic (exact) mass is 552 g/mol. The van der Waals surface area contributed by atoms with Crippen LogP contribution in [-0.2, 0) is 6.54 Å². The average molecular weight is 553 g/mol. The molecular formula is C22H41IN4O2S. The second-order valence-electron chi connectivity index (χ2n) is 6.68. The molecule has 0 amide bonds. The fourth-order valence-corrected chi connectivity index (χ4v) is 3.34. The summed E-state index contributed by atoms with van der Waals surface area (Å²) in [4.78, 5) is 7.04. The third-order valence-electron chi connectivity index (χ3n) is 4.62. The van der Waals surface area contributed by atoms with Crippen LogP contribution in [0, 0.1) is 0 Å². The Hall–Kier alpha value is -0.870. The van der Waals surface area contributed by atoms with Crippen molar-refractivity contribution in [1.82, 2.24) is 15.5 Å². The summed E-state index contributed by atoms with van der Waals surface area (Å²) in [6, 6.07) is 6.05. The van der Waals surface area contributed by atoms with Crippen LogP contribution in [0.5, 0.6) is 11.5 Å². The molecule has 0 fully saturated rings. The molecule has 0 bridgehead atoms. The molecule has 0 aliphatic heterocycles. The van der Waals surface area contributed by atoms with Gasteiger partial charge in [0.1, 0.15) is 6.61 Å². The summed E-state index contributed by atoms with van der Waals surface area (Å²) in [5.74, 6) is 3.60. The molecule has 0 saturated heterocycles. The van der Waals surface area contributed by atoms with Crippen molar-refractivity contribution in [2.24, 2.45) is 4.99 Å². The summed E-state index contributed by atoms with van der Waals surface area (Å²) >= 11 is 1.89. The predicted molar refractivity (Wildman–Crippen MR) is 142 cm³/mol. The molecule has 0 spiro atoms. The van der Waals surface area contributed by atoms with Gasteiger partial charge in [-0.2, -0.15) is 11.8 Å². The molecule has 0 heterocycles. The molecule has 0 atom stereocenters. The maximum absolute atomic E-state index is 5.94. The van der Waals surface area contributed by atoms with Crippen molar-refractivity contribution >= 4 is 41.7 Å². The van der Waals surface area contributed by atoms with Crippen LogP contribution < -0.4 is 20.1 Å². The zero-order valence-corrected chi connectivity index (χ0v) is 22.5. The van der Waals surface area contributed by atoms with Crippen molar-refractivity contribution < 1.29 is 9.47 Å². The van der Waals surface area contributed by atoms with Gasteiger partial charge in [0.15, 0.2) is 17.5 Å². The molecule has 0 saturated carbocycles. The largest absolute Gasteiger partial charge is 0.493 e. The first-order valence-corrected chi connectivity index (χ1v) is 12.1. The lowest BCUT2D eigenvalue weighted by molar-refractivity contribution is 0.217. The van der Waals surface area contributed by atoms with Crippen molar-refractivity contribution in [2.45, 2.75) is 40.2 Å². The average Bonchev–Trinajstić information content (AvgIpc) is 2.75. The molecule has 8 heteroatoms. The van der Waals surface area contributed by atoms with E-state index in [1.54, 1.807) is 7.11 Å². The highest BCUT2D eigenvalue weighted by Gasteiger charge is 2.07. The van der Waals surface area contributed by atoms with Crippen molar-refractivity contribution in [3.63, 3.8) is 0 Å². The zero-order chi connectivity index (χ0) is 21.3. The van der Waals surface area contributed by atoms with Gasteiger partial charge < -0.3 is 25.0 Å². The van der Waals surface area contributed by atoms with Crippen molar-refractivity contribution in [1.29, 1.82) is 0 Å². The van der Waals surface area contributed by atoms with Crippen LogP contribution in [0.25, 0.3) is 0 Å². The number of nitrogens with zero attached hydrogens (tertiary/aromatic N) is 2. The lowest BCUT2D eigenvalue weighted by Crippen LogP contribution is -2.37. The Morgan fingerprint density at radius 3 is 2.50 bits per heavy atom. The van der Waals surface area contributed by atoms with Gasteiger partial charge >= 0.3 is 0 Å². The van der Waals surface area contributed by atoms with Crippen LogP contribution in [-0.4, -0.2) is 69.3 Å². The third-order valence-corrected chi connectivity index (χ3v) is 5.32. The highest BCUT2D eigenvalue weighted by Crippen LogP contribution is 2.28. The number of rotatable bonds is 15. The minimum Gasteiger partial charge on any atom is -0.493 e. The first-order chi connectivity index (χ1) is 14.2. The Morgan fingerprint density at radius 2 is 1.87 bits per heavy atom. The summed E-state index contributed by atoms with van der Waals surface area (Å²) < 4.78 is 11.5. The van der Waals surface area contributed by atoms with Crippen LogP contribution in [0.4, 0.5) is 0 Å². The number of unbranched alkanes of at least 4 members (excludes halogenated alkanes) is 1. The molecule has 0 radical (unpaired) electrons. The molecule has 0 aromatic heterocycles. The number of ether oxygens (including phenoxy) is 2. The Kier molecular flexibility index (Phi) is 18.3. The molecule has 1 rings (SSSR count). The zero-order valence-electron chi connectivity index (χ0n) is 19.3. The number of hydrogen-bond donors (Lipinski definition) is 2.